The van der Waals surface area contributed by atoms with Gasteiger partial charge in [-0.1, -0.05) is 24.3 Å². The van der Waals surface area contributed by atoms with Crippen LogP contribution in [0.5, 0.6) is 0 Å². The van der Waals surface area contributed by atoms with E-state index in [2.05, 4.69) is 0 Å². The van der Waals surface area contributed by atoms with Crippen molar-refractivity contribution in [3.05, 3.63) is 53.6 Å². The van der Waals surface area contributed by atoms with Crippen molar-refractivity contribution in [1.29, 1.82) is 0 Å². The maximum atomic E-state index is 10.7. The van der Waals surface area contributed by atoms with Crippen LogP contribution in [0, 0.1) is 6.92 Å². The van der Waals surface area contributed by atoms with Gasteiger partial charge in [-0.2, -0.15) is 0 Å². The molecule has 0 radical (unpaired) electrons. The third kappa shape index (κ3) is 2.28. The first kappa shape index (κ1) is 11.2. The average molecular weight is 227 g/mol. The number of carboxylic acids is 1. The smallest absolute Gasteiger partial charge is 0.335 e. The normalized spacial score (nSPS) is 10.2. The minimum atomic E-state index is -0.923. The lowest BCUT2D eigenvalue weighted by Gasteiger charge is -2.07. The molecule has 2 rings (SSSR count). The predicted molar refractivity (Wildman–Crippen MR) is 68.0 cm³/mol. The number of hydrogen-bond donors (Lipinski definition) is 2. The number of hydrogen-bond acceptors (Lipinski definition) is 2. The summed E-state index contributed by atoms with van der Waals surface area (Å²) in [6.45, 7) is 1.98. The molecule has 0 saturated heterocycles. The van der Waals surface area contributed by atoms with Crippen LogP contribution < -0.4 is 5.73 Å². The molecule has 3 N–H and O–H groups in total. The summed E-state index contributed by atoms with van der Waals surface area (Å²) in [5.41, 5.74) is 9.87. The van der Waals surface area contributed by atoms with Crippen molar-refractivity contribution in [1.82, 2.24) is 0 Å². The molecule has 0 atom stereocenters. The first-order valence-corrected chi connectivity index (χ1v) is 5.28. The fourth-order valence-electron chi connectivity index (χ4n) is 1.74. The number of benzene rings is 2. The molecule has 2 aromatic rings. The average Bonchev–Trinajstić information content (AvgIpc) is 2.29. The molecule has 0 fully saturated rings. The van der Waals surface area contributed by atoms with Gasteiger partial charge in [0.15, 0.2) is 0 Å². The third-order valence-corrected chi connectivity index (χ3v) is 2.65. The fraction of sp³-hybridized carbons (Fsp3) is 0.0714. The molecule has 0 bridgehead atoms. The summed E-state index contributed by atoms with van der Waals surface area (Å²) in [5.74, 6) is -0.923. The van der Waals surface area contributed by atoms with E-state index in [1.165, 1.54) is 0 Å². The van der Waals surface area contributed by atoms with E-state index in [-0.39, 0.29) is 5.56 Å². The fourth-order valence-corrected chi connectivity index (χ4v) is 1.74. The van der Waals surface area contributed by atoms with Gasteiger partial charge in [-0.25, -0.2) is 4.79 Å². The zero-order valence-corrected chi connectivity index (χ0v) is 9.47. The summed E-state index contributed by atoms with van der Waals surface area (Å²) < 4.78 is 0. The van der Waals surface area contributed by atoms with Crippen LogP contribution in [0.2, 0.25) is 0 Å². The molecule has 2 aromatic carbocycles. The van der Waals surface area contributed by atoms with Crippen molar-refractivity contribution in [3.8, 4) is 11.1 Å². The van der Waals surface area contributed by atoms with E-state index >= 15 is 0 Å². The summed E-state index contributed by atoms with van der Waals surface area (Å²) in [5, 5.41) is 8.81. The Morgan fingerprint density at radius 1 is 1.12 bits per heavy atom. The van der Waals surface area contributed by atoms with Gasteiger partial charge in [0.05, 0.1) is 5.56 Å². The Hall–Kier alpha value is -2.29. The highest BCUT2D eigenvalue weighted by atomic mass is 16.4. The SMILES string of the molecule is Cc1ccc(-c2ccc(C(=O)O)cc2)c(N)c1. The number of rotatable bonds is 2. The zero-order chi connectivity index (χ0) is 12.4. The van der Waals surface area contributed by atoms with Gasteiger partial charge >= 0.3 is 5.97 Å². The molecule has 0 amide bonds. The molecule has 0 aromatic heterocycles. The molecule has 0 heterocycles. The van der Waals surface area contributed by atoms with Crippen LogP contribution >= 0.6 is 0 Å². The largest absolute Gasteiger partial charge is 0.478 e. The highest BCUT2D eigenvalue weighted by Gasteiger charge is 2.05. The highest BCUT2D eigenvalue weighted by molar-refractivity contribution is 5.88. The van der Waals surface area contributed by atoms with Gasteiger partial charge in [-0.15, -0.1) is 0 Å². The maximum Gasteiger partial charge on any atom is 0.335 e. The minimum Gasteiger partial charge on any atom is -0.478 e. The maximum absolute atomic E-state index is 10.7. The second kappa shape index (κ2) is 4.29. The van der Waals surface area contributed by atoms with Gasteiger partial charge in [0.2, 0.25) is 0 Å². The third-order valence-electron chi connectivity index (χ3n) is 2.65. The Morgan fingerprint density at radius 2 is 1.76 bits per heavy atom. The number of carbonyl (C=O) groups is 1. The number of carboxylic acid groups (broad SMARTS) is 1. The number of aromatic carboxylic acids is 1. The lowest BCUT2D eigenvalue weighted by molar-refractivity contribution is 0.0697. The van der Waals surface area contributed by atoms with E-state index in [1.807, 2.05) is 25.1 Å². The number of anilines is 1. The lowest BCUT2D eigenvalue weighted by Crippen LogP contribution is -1.96. The lowest BCUT2D eigenvalue weighted by atomic mass is 10.0. The summed E-state index contributed by atoms with van der Waals surface area (Å²) >= 11 is 0. The molecule has 0 saturated carbocycles. The molecule has 0 unspecified atom stereocenters. The van der Waals surface area contributed by atoms with Gasteiger partial charge < -0.3 is 10.8 Å². The summed E-state index contributed by atoms with van der Waals surface area (Å²) in [6.07, 6.45) is 0. The van der Waals surface area contributed by atoms with Crippen molar-refractivity contribution >= 4 is 11.7 Å². The monoisotopic (exact) mass is 227 g/mol. The number of aryl methyl sites for hydroxylation is 1. The van der Waals surface area contributed by atoms with Gasteiger partial charge in [-0.3, -0.25) is 0 Å². The summed E-state index contributed by atoms with van der Waals surface area (Å²) in [6, 6.07) is 12.5. The topological polar surface area (TPSA) is 63.3 Å². The minimum absolute atomic E-state index is 0.277. The van der Waals surface area contributed by atoms with E-state index in [1.54, 1.807) is 24.3 Å². The molecule has 0 aliphatic rings. The Kier molecular flexibility index (Phi) is 2.83. The van der Waals surface area contributed by atoms with Gasteiger partial charge in [0.1, 0.15) is 0 Å². The van der Waals surface area contributed by atoms with E-state index in [4.69, 9.17) is 10.8 Å². The molecule has 3 heteroatoms. The molecule has 0 aliphatic carbocycles. The summed E-state index contributed by atoms with van der Waals surface area (Å²) in [4.78, 5) is 10.7. The Morgan fingerprint density at radius 3 is 2.29 bits per heavy atom. The molecule has 0 aliphatic heterocycles. The standard InChI is InChI=1S/C14H13NO2/c1-9-2-7-12(13(15)8-9)10-3-5-11(6-4-10)14(16)17/h2-8H,15H2,1H3,(H,16,17). The Labute approximate surface area is 99.5 Å². The first-order valence-electron chi connectivity index (χ1n) is 5.28. The van der Waals surface area contributed by atoms with Crippen LogP contribution in [-0.2, 0) is 0 Å². The second-order valence-electron chi connectivity index (χ2n) is 3.97. The van der Waals surface area contributed by atoms with Crippen LogP contribution in [-0.4, -0.2) is 11.1 Å². The molecular weight excluding hydrogens is 214 g/mol. The van der Waals surface area contributed by atoms with Crippen molar-refractivity contribution in [2.75, 3.05) is 5.73 Å². The van der Waals surface area contributed by atoms with Crippen molar-refractivity contribution in [3.63, 3.8) is 0 Å². The predicted octanol–water partition coefficient (Wildman–Crippen LogP) is 2.94. The van der Waals surface area contributed by atoms with Crippen molar-refractivity contribution in [2.24, 2.45) is 0 Å². The van der Waals surface area contributed by atoms with Crippen molar-refractivity contribution < 1.29 is 9.90 Å². The van der Waals surface area contributed by atoms with Crippen LogP contribution in [0.1, 0.15) is 15.9 Å². The van der Waals surface area contributed by atoms with Gasteiger partial charge in [0, 0.05) is 11.3 Å². The quantitative estimate of drug-likeness (QED) is 0.775. The second-order valence-corrected chi connectivity index (χ2v) is 3.97. The van der Waals surface area contributed by atoms with Gasteiger partial charge in [0.25, 0.3) is 0 Å². The first-order chi connectivity index (χ1) is 8.08. The zero-order valence-electron chi connectivity index (χ0n) is 9.47. The molecule has 0 spiro atoms. The highest BCUT2D eigenvalue weighted by Crippen LogP contribution is 2.26. The number of nitrogens with two attached hydrogens (primary N) is 1. The Balaban J connectivity index is 2.43. The van der Waals surface area contributed by atoms with Crippen LogP contribution in [0.25, 0.3) is 11.1 Å². The van der Waals surface area contributed by atoms with E-state index < -0.39 is 5.97 Å². The van der Waals surface area contributed by atoms with Crippen LogP contribution in [0.3, 0.4) is 0 Å². The molecular formula is C14H13NO2. The summed E-state index contributed by atoms with van der Waals surface area (Å²) in [7, 11) is 0. The molecule has 3 nitrogen and oxygen atoms in total. The van der Waals surface area contributed by atoms with Crippen LogP contribution in [0.15, 0.2) is 42.5 Å². The van der Waals surface area contributed by atoms with Crippen LogP contribution in [0.4, 0.5) is 5.69 Å². The van der Waals surface area contributed by atoms with E-state index in [9.17, 15) is 4.79 Å². The van der Waals surface area contributed by atoms with E-state index in [0.717, 1.165) is 16.7 Å². The number of nitrogen functional groups attached to an aromatic ring is 1. The van der Waals surface area contributed by atoms with Gasteiger partial charge in [-0.05, 0) is 36.2 Å². The van der Waals surface area contributed by atoms with E-state index in [0.29, 0.717) is 5.69 Å². The van der Waals surface area contributed by atoms with Crippen molar-refractivity contribution in [2.45, 2.75) is 6.92 Å². The molecule has 17 heavy (non-hydrogen) atoms. The Bertz CT molecular complexity index is 559. The molecule has 86 valence electrons.